The van der Waals surface area contributed by atoms with E-state index >= 15 is 0 Å². The standard InChI is InChI=1S/C13H18N4O/c1-9(2)17-5-4-13(16-17)15-11-6-10(14)7-12(8-11)18-3/h4-9H,14H2,1-3H3,(H,15,16). The number of aromatic nitrogens is 2. The zero-order valence-corrected chi connectivity index (χ0v) is 10.8. The molecule has 18 heavy (non-hydrogen) atoms. The zero-order valence-electron chi connectivity index (χ0n) is 10.8. The lowest BCUT2D eigenvalue weighted by atomic mass is 10.2. The van der Waals surface area contributed by atoms with Crippen molar-refractivity contribution in [2.24, 2.45) is 0 Å². The van der Waals surface area contributed by atoms with E-state index in [4.69, 9.17) is 10.5 Å². The van der Waals surface area contributed by atoms with Crippen molar-refractivity contribution in [1.82, 2.24) is 9.78 Å². The fraction of sp³-hybridized carbons (Fsp3) is 0.308. The highest BCUT2D eigenvalue weighted by atomic mass is 16.5. The lowest BCUT2D eigenvalue weighted by Crippen LogP contribution is -2.02. The van der Waals surface area contributed by atoms with Crippen molar-refractivity contribution in [2.45, 2.75) is 19.9 Å². The Morgan fingerprint density at radius 1 is 1.33 bits per heavy atom. The summed E-state index contributed by atoms with van der Waals surface area (Å²) < 4.78 is 7.07. The van der Waals surface area contributed by atoms with Crippen LogP contribution in [0.2, 0.25) is 0 Å². The highest BCUT2D eigenvalue weighted by molar-refractivity contribution is 5.64. The summed E-state index contributed by atoms with van der Waals surface area (Å²) in [6.45, 7) is 4.17. The van der Waals surface area contributed by atoms with E-state index in [-0.39, 0.29) is 0 Å². The average molecular weight is 246 g/mol. The third-order valence-electron chi connectivity index (χ3n) is 2.57. The maximum atomic E-state index is 5.80. The SMILES string of the molecule is COc1cc(N)cc(Nc2ccn(C(C)C)n2)c1. The number of nitrogens with zero attached hydrogens (tertiary/aromatic N) is 2. The van der Waals surface area contributed by atoms with Crippen LogP contribution >= 0.6 is 0 Å². The molecule has 2 rings (SSSR count). The molecule has 96 valence electrons. The van der Waals surface area contributed by atoms with E-state index in [1.807, 2.05) is 29.1 Å². The first-order chi connectivity index (χ1) is 8.58. The molecule has 0 saturated carbocycles. The quantitative estimate of drug-likeness (QED) is 0.814. The van der Waals surface area contributed by atoms with Gasteiger partial charge in [0.25, 0.3) is 0 Å². The molecule has 3 N–H and O–H groups in total. The lowest BCUT2D eigenvalue weighted by molar-refractivity contribution is 0.415. The van der Waals surface area contributed by atoms with E-state index in [1.54, 1.807) is 13.2 Å². The first kappa shape index (κ1) is 12.3. The fourth-order valence-electron chi connectivity index (χ4n) is 1.65. The highest BCUT2D eigenvalue weighted by Gasteiger charge is 2.04. The van der Waals surface area contributed by atoms with E-state index < -0.39 is 0 Å². The second-order valence-corrected chi connectivity index (χ2v) is 4.39. The van der Waals surface area contributed by atoms with Crippen LogP contribution in [-0.4, -0.2) is 16.9 Å². The second kappa shape index (κ2) is 5.00. The molecule has 0 unspecified atom stereocenters. The van der Waals surface area contributed by atoms with Crippen molar-refractivity contribution in [3.63, 3.8) is 0 Å². The molecule has 0 saturated heterocycles. The molecule has 1 aromatic carbocycles. The van der Waals surface area contributed by atoms with Gasteiger partial charge in [-0.15, -0.1) is 0 Å². The summed E-state index contributed by atoms with van der Waals surface area (Å²) in [5.41, 5.74) is 7.31. The maximum absolute atomic E-state index is 5.80. The molecule has 0 amide bonds. The number of rotatable bonds is 4. The topological polar surface area (TPSA) is 65.1 Å². The molecule has 1 aromatic heterocycles. The zero-order chi connectivity index (χ0) is 13.1. The summed E-state index contributed by atoms with van der Waals surface area (Å²) in [6, 6.07) is 7.77. The molecule has 1 heterocycles. The number of nitrogens with one attached hydrogen (secondary N) is 1. The first-order valence-corrected chi connectivity index (χ1v) is 5.85. The number of benzene rings is 1. The van der Waals surface area contributed by atoms with Gasteiger partial charge < -0.3 is 15.8 Å². The Morgan fingerprint density at radius 2 is 2.11 bits per heavy atom. The average Bonchev–Trinajstić information content (AvgIpc) is 2.76. The molecular weight excluding hydrogens is 228 g/mol. The van der Waals surface area contributed by atoms with Crippen LogP contribution in [0.3, 0.4) is 0 Å². The summed E-state index contributed by atoms with van der Waals surface area (Å²) in [7, 11) is 1.62. The molecule has 0 spiro atoms. The Balaban J connectivity index is 2.19. The van der Waals surface area contributed by atoms with Crippen LogP contribution in [-0.2, 0) is 0 Å². The lowest BCUT2D eigenvalue weighted by Gasteiger charge is -2.08. The van der Waals surface area contributed by atoms with Crippen molar-refractivity contribution < 1.29 is 4.74 Å². The van der Waals surface area contributed by atoms with Gasteiger partial charge in [0.2, 0.25) is 0 Å². The van der Waals surface area contributed by atoms with Crippen molar-refractivity contribution in [3.8, 4) is 5.75 Å². The number of nitrogens with two attached hydrogens (primary N) is 1. The van der Waals surface area contributed by atoms with Gasteiger partial charge >= 0.3 is 0 Å². The van der Waals surface area contributed by atoms with Gasteiger partial charge in [0, 0.05) is 41.8 Å². The van der Waals surface area contributed by atoms with Crippen molar-refractivity contribution in [1.29, 1.82) is 0 Å². The Labute approximate surface area is 107 Å². The van der Waals surface area contributed by atoms with Gasteiger partial charge in [-0.3, -0.25) is 4.68 Å². The van der Waals surface area contributed by atoms with Gasteiger partial charge in [0.1, 0.15) is 5.75 Å². The van der Waals surface area contributed by atoms with Gasteiger partial charge in [-0.25, -0.2) is 0 Å². The smallest absolute Gasteiger partial charge is 0.152 e. The predicted molar refractivity (Wildman–Crippen MR) is 73.3 cm³/mol. The first-order valence-electron chi connectivity index (χ1n) is 5.85. The molecule has 0 bridgehead atoms. The summed E-state index contributed by atoms with van der Waals surface area (Å²) in [6.07, 6.45) is 1.94. The molecule has 0 aliphatic rings. The Morgan fingerprint density at radius 3 is 2.72 bits per heavy atom. The number of nitrogen functional groups attached to an aromatic ring is 1. The fourth-order valence-corrected chi connectivity index (χ4v) is 1.65. The van der Waals surface area contributed by atoms with Gasteiger partial charge in [-0.1, -0.05) is 0 Å². The van der Waals surface area contributed by atoms with Crippen LogP contribution < -0.4 is 15.8 Å². The molecule has 0 atom stereocenters. The summed E-state index contributed by atoms with van der Waals surface area (Å²) in [5.74, 6) is 1.51. The molecule has 0 fully saturated rings. The number of hydrogen-bond acceptors (Lipinski definition) is 4. The monoisotopic (exact) mass is 246 g/mol. The summed E-state index contributed by atoms with van der Waals surface area (Å²) in [4.78, 5) is 0. The van der Waals surface area contributed by atoms with Crippen molar-refractivity contribution in [2.75, 3.05) is 18.2 Å². The summed E-state index contributed by atoms with van der Waals surface area (Å²) in [5, 5.41) is 7.62. The maximum Gasteiger partial charge on any atom is 0.152 e. The van der Waals surface area contributed by atoms with Crippen LogP contribution in [0.15, 0.2) is 30.5 Å². The minimum atomic E-state index is 0.343. The van der Waals surface area contributed by atoms with Crippen LogP contribution in [0.1, 0.15) is 19.9 Å². The van der Waals surface area contributed by atoms with Gasteiger partial charge in [-0.05, 0) is 19.9 Å². The highest BCUT2D eigenvalue weighted by Crippen LogP contribution is 2.24. The second-order valence-electron chi connectivity index (χ2n) is 4.39. The normalized spacial score (nSPS) is 10.7. The van der Waals surface area contributed by atoms with E-state index in [2.05, 4.69) is 24.3 Å². The molecule has 0 aliphatic heterocycles. The Kier molecular flexibility index (Phi) is 3.41. The number of hydrogen-bond donors (Lipinski definition) is 2. The largest absolute Gasteiger partial charge is 0.497 e. The minimum Gasteiger partial charge on any atom is -0.497 e. The molecule has 5 nitrogen and oxygen atoms in total. The molecule has 0 radical (unpaired) electrons. The summed E-state index contributed by atoms with van der Waals surface area (Å²) >= 11 is 0. The van der Waals surface area contributed by atoms with Crippen LogP contribution in [0.5, 0.6) is 5.75 Å². The molecular formula is C13H18N4O. The third-order valence-corrected chi connectivity index (χ3v) is 2.57. The van der Waals surface area contributed by atoms with Crippen molar-refractivity contribution in [3.05, 3.63) is 30.5 Å². The van der Waals surface area contributed by atoms with Crippen molar-refractivity contribution >= 4 is 17.2 Å². The van der Waals surface area contributed by atoms with E-state index in [9.17, 15) is 0 Å². The van der Waals surface area contributed by atoms with E-state index in [0.717, 1.165) is 17.3 Å². The van der Waals surface area contributed by atoms with Crippen LogP contribution in [0.25, 0.3) is 0 Å². The molecule has 0 aliphatic carbocycles. The molecule has 5 heteroatoms. The van der Waals surface area contributed by atoms with Crippen LogP contribution in [0, 0.1) is 0 Å². The van der Waals surface area contributed by atoms with Gasteiger partial charge in [-0.2, -0.15) is 5.10 Å². The number of ether oxygens (including phenoxy) is 1. The van der Waals surface area contributed by atoms with Crippen LogP contribution in [0.4, 0.5) is 17.2 Å². The van der Waals surface area contributed by atoms with Gasteiger partial charge in [0.15, 0.2) is 5.82 Å². The van der Waals surface area contributed by atoms with E-state index in [0.29, 0.717) is 11.7 Å². The number of anilines is 3. The Bertz CT molecular complexity index is 534. The molecule has 2 aromatic rings. The third kappa shape index (κ3) is 2.74. The van der Waals surface area contributed by atoms with Gasteiger partial charge in [0.05, 0.1) is 7.11 Å². The van der Waals surface area contributed by atoms with E-state index in [1.165, 1.54) is 0 Å². The Hall–Kier alpha value is -2.17. The minimum absolute atomic E-state index is 0.343. The predicted octanol–water partition coefficient (Wildman–Crippen LogP) is 2.80. The number of methoxy groups -OCH3 is 1.